The van der Waals surface area contributed by atoms with Crippen molar-refractivity contribution in [2.24, 2.45) is 0 Å². The number of rotatable bonds is 6. The third-order valence-corrected chi connectivity index (χ3v) is 4.41. The summed E-state index contributed by atoms with van der Waals surface area (Å²) in [6, 6.07) is 0. The molecule has 7 heteroatoms. The molecule has 0 radical (unpaired) electrons. The van der Waals surface area contributed by atoms with E-state index in [-0.39, 0.29) is 30.9 Å². The fraction of sp³-hybridized carbons (Fsp3) is 0.455. The highest BCUT2D eigenvalue weighted by atomic mass is 35.5. The van der Waals surface area contributed by atoms with Crippen molar-refractivity contribution in [1.82, 2.24) is 5.32 Å². The highest BCUT2D eigenvalue weighted by Crippen LogP contribution is 2.48. The summed E-state index contributed by atoms with van der Waals surface area (Å²) >= 11 is 29.7. The van der Waals surface area contributed by atoms with Crippen LogP contribution in [-0.4, -0.2) is 19.7 Å². The molecule has 0 amide bonds. The van der Waals surface area contributed by atoms with Crippen molar-refractivity contribution in [2.75, 3.05) is 19.7 Å². The average molecular weight is 351 g/mol. The lowest BCUT2D eigenvalue weighted by Crippen LogP contribution is -2.16. The molecule has 0 aliphatic carbocycles. The maximum atomic E-state index is 6.02. The first-order chi connectivity index (χ1) is 8.50. The lowest BCUT2D eigenvalue weighted by molar-refractivity contribution is 0.309. The molecule has 1 N–H and O–H groups in total. The minimum atomic E-state index is 0.133. The van der Waals surface area contributed by atoms with E-state index in [0.717, 1.165) is 19.5 Å². The van der Waals surface area contributed by atoms with Gasteiger partial charge in [-0.25, -0.2) is 0 Å². The van der Waals surface area contributed by atoms with Gasteiger partial charge in [0.15, 0.2) is 5.75 Å². The Bertz CT molecular complexity index is 395. The van der Waals surface area contributed by atoms with E-state index in [9.17, 15) is 0 Å². The summed E-state index contributed by atoms with van der Waals surface area (Å²) in [5.41, 5.74) is 0. The summed E-state index contributed by atoms with van der Waals surface area (Å²) in [5, 5.41) is 3.96. The molecule has 0 saturated carbocycles. The third kappa shape index (κ3) is 3.96. The molecule has 0 aromatic heterocycles. The van der Waals surface area contributed by atoms with Crippen LogP contribution in [0, 0.1) is 0 Å². The molecule has 1 aromatic rings. The van der Waals surface area contributed by atoms with Crippen LogP contribution in [0.25, 0.3) is 0 Å². The topological polar surface area (TPSA) is 21.3 Å². The van der Waals surface area contributed by atoms with E-state index in [1.54, 1.807) is 0 Å². The van der Waals surface area contributed by atoms with E-state index in [1.807, 2.05) is 6.92 Å². The van der Waals surface area contributed by atoms with Crippen molar-refractivity contribution in [2.45, 2.75) is 13.3 Å². The predicted octanol–water partition coefficient (Wildman–Crippen LogP) is 5.33. The highest BCUT2D eigenvalue weighted by Gasteiger charge is 2.20. The molecule has 0 atom stereocenters. The number of hydrogen-bond donors (Lipinski definition) is 1. The van der Waals surface area contributed by atoms with Crippen molar-refractivity contribution >= 4 is 58.0 Å². The minimum absolute atomic E-state index is 0.133. The standard InChI is InChI=1S/C11H12Cl5NO/c1-2-17-4-3-5-18-11-9(15)7(13)6(12)8(14)10(11)16/h17H,2-5H2,1H3. The Labute approximate surface area is 131 Å². The van der Waals surface area contributed by atoms with Gasteiger partial charge in [-0.05, 0) is 19.5 Å². The molecule has 0 bridgehead atoms. The number of nitrogens with one attached hydrogen (secondary N) is 1. The van der Waals surface area contributed by atoms with Gasteiger partial charge in [-0.15, -0.1) is 0 Å². The fourth-order valence-electron chi connectivity index (χ4n) is 1.26. The molecule has 2 nitrogen and oxygen atoms in total. The van der Waals surface area contributed by atoms with Gasteiger partial charge in [-0.1, -0.05) is 64.9 Å². The van der Waals surface area contributed by atoms with Gasteiger partial charge < -0.3 is 10.1 Å². The van der Waals surface area contributed by atoms with Crippen LogP contribution in [0.2, 0.25) is 25.1 Å². The average Bonchev–Trinajstić information content (AvgIpc) is 2.37. The van der Waals surface area contributed by atoms with Crippen molar-refractivity contribution in [3.8, 4) is 5.75 Å². The van der Waals surface area contributed by atoms with Crippen LogP contribution in [0.15, 0.2) is 0 Å². The van der Waals surface area contributed by atoms with Gasteiger partial charge in [0.05, 0.1) is 21.7 Å². The van der Waals surface area contributed by atoms with E-state index in [2.05, 4.69) is 5.32 Å². The zero-order valence-corrected chi connectivity index (χ0v) is 13.4. The molecule has 1 rings (SSSR count). The highest BCUT2D eigenvalue weighted by molar-refractivity contribution is 6.55. The van der Waals surface area contributed by atoms with Crippen LogP contribution in [-0.2, 0) is 0 Å². The zero-order valence-electron chi connectivity index (χ0n) is 9.63. The first kappa shape index (κ1) is 16.5. The molecule has 0 heterocycles. The summed E-state index contributed by atoms with van der Waals surface area (Å²) < 4.78 is 5.50. The van der Waals surface area contributed by atoms with E-state index >= 15 is 0 Å². The van der Waals surface area contributed by atoms with Crippen LogP contribution in [0.5, 0.6) is 5.75 Å². The quantitative estimate of drug-likeness (QED) is 0.425. The van der Waals surface area contributed by atoms with Crippen molar-refractivity contribution in [3.05, 3.63) is 25.1 Å². The minimum Gasteiger partial charge on any atom is -0.490 e. The van der Waals surface area contributed by atoms with E-state index < -0.39 is 0 Å². The van der Waals surface area contributed by atoms with Crippen molar-refractivity contribution in [3.63, 3.8) is 0 Å². The summed E-state index contributed by atoms with van der Waals surface area (Å²) in [6.45, 7) is 4.26. The van der Waals surface area contributed by atoms with E-state index in [1.165, 1.54) is 0 Å². The number of halogens is 5. The molecule has 102 valence electrons. The predicted molar refractivity (Wildman–Crippen MR) is 80.1 cm³/mol. The second kappa shape index (κ2) is 7.88. The third-order valence-electron chi connectivity index (χ3n) is 2.16. The van der Waals surface area contributed by atoms with E-state index in [0.29, 0.717) is 6.61 Å². The monoisotopic (exact) mass is 349 g/mol. The normalized spacial score (nSPS) is 10.8. The van der Waals surface area contributed by atoms with Gasteiger partial charge in [0.1, 0.15) is 10.0 Å². The Balaban J connectivity index is 2.77. The van der Waals surface area contributed by atoms with Crippen LogP contribution >= 0.6 is 58.0 Å². The van der Waals surface area contributed by atoms with Gasteiger partial charge in [-0.3, -0.25) is 0 Å². The molecule has 1 aromatic carbocycles. The van der Waals surface area contributed by atoms with Crippen LogP contribution in [0.4, 0.5) is 0 Å². The van der Waals surface area contributed by atoms with Crippen LogP contribution in [0.3, 0.4) is 0 Å². The van der Waals surface area contributed by atoms with Crippen molar-refractivity contribution < 1.29 is 4.74 Å². The van der Waals surface area contributed by atoms with Crippen LogP contribution < -0.4 is 10.1 Å². The van der Waals surface area contributed by atoms with Crippen molar-refractivity contribution in [1.29, 1.82) is 0 Å². The summed E-state index contributed by atoms with van der Waals surface area (Å²) in [6.07, 6.45) is 0.818. The Morgan fingerprint density at radius 1 is 0.889 bits per heavy atom. The molecule has 0 aliphatic heterocycles. The smallest absolute Gasteiger partial charge is 0.159 e. The second-order valence-corrected chi connectivity index (χ2v) is 5.34. The molecule has 0 fully saturated rings. The van der Waals surface area contributed by atoms with Crippen LogP contribution in [0.1, 0.15) is 13.3 Å². The van der Waals surface area contributed by atoms with Gasteiger partial charge in [-0.2, -0.15) is 0 Å². The van der Waals surface area contributed by atoms with Gasteiger partial charge >= 0.3 is 0 Å². The summed E-state index contributed by atoms with van der Waals surface area (Å²) in [4.78, 5) is 0. The zero-order chi connectivity index (χ0) is 13.7. The maximum Gasteiger partial charge on any atom is 0.159 e. The Kier molecular flexibility index (Phi) is 7.22. The Hall–Kier alpha value is 0.430. The summed E-state index contributed by atoms with van der Waals surface area (Å²) in [5.74, 6) is 0.272. The number of benzene rings is 1. The van der Waals surface area contributed by atoms with E-state index in [4.69, 9.17) is 62.7 Å². The largest absolute Gasteiger partial charge is 0.490 e. The maximum absolute atomic E-state index is 6.02. The molecular formula is C11H12Cl5NO. The SMILES string of the molecule is CCNCCCOc1c(Cl)c(Cl)c(Cl)c(Cl)c1Cl. The number of ether oxygens (including phenoxy) is 1. The molecule has 18 heavy (non-hydrogen) atoms. The first-order valence-corrected chi connectivity index (χ1v) is 7.24. The van der Waals surface area contributed by atoms with Gasteiger partial charge in [0.2, 0.25) is 0 Å². The molecule has 0 spiro atoms. The molecular weight excluding hydrogens is 339 g/mol. The lowest BCUT2D eigenvalue weighted by atomic mass is 10.3. The second-order valence-electron chi connectivity index (χ2n) is 3.45. The van der Waals surface area contributed by atoms with Gasteiger partial charge in [0, 0.05) is 0 Å². The molecule has 0 saturated heterocycles. The summed E-state index contributed by atoms with van der Waals surface area (Å²) in [7, 11) is 0. The Morgan fingerprint density at radius 2 is 1.39 bits per heavy atom. The fourth-order valence-corrected chi connectivity index (χ4v) is 2.49. The van der Waals surface area contributed by atoms with Gasteiger partial charge in [0.25, 0.3) is 0 Å². The lowest BCUT2D eigenvalue weighted by Gasteiger charge is -2.13. The number of hydrogen-bond acceptors (Lipinski definition) is 2. The molecule has 0 aliphatic rings. The first-order valence-electron chi connectivity index (χ1n) is 5.35. The Morgan fingerprint density at radius 3 is 1.89 bits per heavy atom. The molecule has 0 unspecified atom stereocenters.